The first-order valence-electron chi connectivity index (χ1n) is 13.9. The van der Waals surface area contributed by atoms with Crippen molar-refractivity contribution in [1.82, 2.24) is 10.2 Å². The van der Waals surface area contributed by atoms with Gasteiger partial charge >= 0.3 is 0 Å². The third-order valence-corrected chi connectivity index (χ3v) is 9.84. The molecule has 0 bridgehead atoms. The van der Waals surface area contributed by atoms with Crippen molar-refractivity contribution in [3.05, 3.63) is 93.8 Å². The molecule has 7 nitrogen and oxygen atoms in total. The van der Waals surface area contributed by atoms with E-state index in [1.165, 1.54) is 29.2 Å². The van der Waals surface area contributed by atoms with Gasteiger partial charge in [0.1, 0.15) is 18.4 Å². The van der Waals surface area contributed by atoms with Crippen LogP contribution >= 0.6 is 22.6 Å². The molecule has 1 N–H and O–H groups in total. The fourth-order valence-corrected chi connectivity index (χ4v) is 6.90. The van der Waals surface area contributed by atoms with Crippen LogP contribution < -0.4 is 9.62 Å². The van der Waals surface area contributed by atoms with Gasteiger partial charge in [-0.25, -0.2) is 12.8 Å². The highest BCUT2D eigenvalue weighted by Gasteiger charge is 2.34. The SMILES string of the molecule is CCC(C(=O)NC1CCCCC1)N(Cc1ccc(F)cc1)C(=O)CN(c1ccc(I)cc1)S(=O)(=O)c1ccccc1. The second-order valence-corrected chi connectivity index (χ2v) is 13.3. The van der Waals surface area contributed by atoms with Crippen molar-refractivity contribution < 1.29 is 22.4 Å². The highest BCUT2D eigenvalue weighted by molar-refractivity contribution is 14.1. The van der Waals surface area contributed by atoms with Crippen molar-refractivity contribution in [2.24, 2.45) is 0 Å². The van der Waals surface area contributed by atoms with Gasteiger partial charge in [-0.1, -0.05) is 56.5 Å². The van der Waals surface area contributed by atoms with E-state index in [1.54, 1.807) is 54.6 Å². The molecule has 0 saturated heterocycles. The van der Waals surface area contributed by atoms with Crippen LogP contribution in [0.5, 0.6) is 0 Å². The zero-order chi connectivity index (χ0) is 29.4. The maximum Gasteiger partial charge on any atom is 0.264 e. The van der Waals surface area contributed by atoms with Gasteiger partial charge in [-0.05, 0) is 95.9 Å². The number of carbonyl (C=O) groups excluding carboxylic acids is 2. The average molecular weight is 692 g/mol. The van der Waals surface area contributed by atoms with E-state index in [4.69, 9.17) is 0 Å². The van der Waals surface area contributed by atoms with Gasteiger partial charge in [0, 0.05) is 16.2 Å². The number of sulfonamides is 1. The molecule has 0 heterocycles. The first-order valence-corrected chi connectivity index (χ1v) is 16.4. The number of anilines is 1. The number of hydrogen-bond acceptors (Lipinski definition) is 4. The first-order chi connectivity index (χ1) is 19.7. The fraction of sp³-hybridized carbons (Fsp3) is 0.355. The maximum absolute atomic E-state index is 14.1. The van der Waals surface area contributed by atoms with Crippen LogP contribution in [0.4, 0.5) is 10.1 Å². The summed E-state index contributed by atoms with van der Waals surface area (Å²) in [5.74, 6) is -1.20. The number of amides is 2. The number of benzene rings is 3. The highest BCUT2D eigenvalue weighted by atomic mass is 127. The molecule has 41 heavy (non-hydrogen) atoms. The van der Waals surface area contributed by atoms with Crippen LogP contribution in [0.1, 0.15) is 51.0 Å². The topological polar surface area (TPSA) is 86.8 Å². The lowest BCUT2D eigenvalue weighted by Crippen LogP contribution is -2.54. The van der Waals surface area contributed by atoms with E-state index < -0.39 is 34.3 Å². The molecule has 0 aliphatic heterocycles. The number of nitrogens with one attached hydrogen (secondary N) is 1. The van der Waals surface area contributed by atoms with Gasteiger partial charge in [0.05, 0.1) is 10.6 Å². The molecule has 10 heteroatoms. The standard InChI is InChI=1S/C31H35FIN3O4S/c1-2-29(31(38)34-26-9-5-3-6-10-26)35(21-23-13-15-24(32)16-14-23)30(37)22-36(27-19-17-25(33)18-20-27)41(39,40)28-11-7-4-8-12-28/h4,7-8,11-20,26,29H,2-3,5-6,9-10,21-22H2,1H3,(H,34,38). The Balaban J connectivity index is 1.68. The van der Waals surface area contributed by atoms with Crippen molar-refractivity contribution in [2.75, 3.05) is 10.8 Å². The lowest BCUT2D eigenvalue weighted by atomic mass is 9.95. The molecule has 1 aliphatic carbocycles. The molecule has 0 spiro atoms. The Morgan fingerprint density at radius 2 is 1.59 bits per heavy atom. The molecule has 1 saturated carbocycles. The Labute approximate surface area is 255 Å². The van der Waals surface area contributed by atoms with Crippen molar-refractivity contribution in [3.8, 4) is 0 Å². The summed E-state index contributed by atoms with van der Waals surface area (Å²) in [7, 11) is -4.12. The molecule has 0 aromatic heterocycles. The van der Waals surface area contributed by atoms with E-state index in [-0.39, 0.29) is 23.4 Å². The van der Waals surface area contributed by atoms with Crippen LogP contribution in [-0.2, 0) is 26.2 Å². The fourth-order valence-electron chi connectivity index (χ4n) is 5.11. The zero-order valence-corrected chi connectivity index (χ0v) is 26.0. The number of nitrogens with zero attached hydrogens (tertiary/aromatic N) is 2. The van der Waals surface area contributed by atoms with E-state index >= 15 is 0 Å². The lowest BCUT2D eigenvalue weighted by Gasteiger charge is -2.34. The second-order valence-electron chi connectivity index (χ2n) is 10.2. The normalized spacial score (nSPS) is 14.7. The van der Waals surface area contributed by atoms with Gasteiger partial charge in [-0.15, -0.1) is 0 Å². The Morgan fingerprint density at radius 3 is 2.20 bits per heavy atom. The predicted octanol–water partition coefficient (Wildman–Crippen LogP) is 5.88. The van der Waals surface area contributed by atoms with Gasteiger partial charge in [0.2, 0.25) is 11.8 Å². The number of rotatable bonds is 11. The first kappa shape index (κ1) is 31.0. The predicted molar refractivity (Wildman–Crippen MR) is 166 cm³/mol. The van der Waals surface area contributed by atoms with Gasteiger partial charge in [-0.3, -0.25) is 13.9 Å². The smallest absolute Gasteiger partial charge is 0.264 e. The third kappa shape index (κ3) is 8.06. The number of carbonyl (C=O) groups is 2. The largest absolute Gasteiger partial charge is 0.352 e. The minimum atomic E-state index is -4.12. The van der Waals surface area contributed by atoms with E-state index in [0.717, 1.165) is 40.0 Å². The van der Waals surface area contributed by atoms with Gasteiger partial charge in [0.15, 0.2) is 0 Å². The summed E-state index contributed by atoms with van der Waals surface area (Å²) in [6.07, 6.45) is 5.35. The Bertz CT molecular complexity index is 1410. The number of hydrogen-bond donors (Lipinski definition) is 1. The van der Waals surface area contributed by atoms with Crippen LogP contribution in [0, 0.1) is 9.39 Å². The molecule has 3 aromatic carbocycles. The summed E-state index contributed by atoms with van der Waals surface area (Å²) in [6.45, 7) is 1.35. The molecular formula is C31H35FIN3O4S. The van der Waals surface area contributed by atoms with Gasteiger partial charge < -0.3 is 10.2 Å². The van der Waals surface area contributed by atoms with Crippen LogP contribution in [0.15, 0.2) is 83.8 Å². The molecule has 3 aromatic rings. The van der Waals surface area contributed by atoms with Crippen LogP contribution in [-0.4, -0.2) is 43.8 Å². The quantitative estimate of drug-likeness (QED) is 0.255. The Hall–Kier alpha value is -2.99. The lowest BCUT2D eigenvalue weighted by molar-refractivity contribution is -0.140. The van der Waals surface area contributed by atoms with Crippen molar-refractivity contribution >= 4 is 50.1 Å². The molecule has 218 valence electrons. The molecule has 1 aliphatic rings. The average Bonchev–Trinajstić information content (AvgIpc) is 2.98. The van der Waals surface area contributed by atoms with Crippen molar-refractivity contribution in [2.45, 2.75) is 69.0 Å². The Morgan fingerprint density at radius 1 is 0.951 bits per heavy atom. The van der Waals surface area contributed by atoms with Crippen LogP contribution in [0.3, 0.4) is 0 Å². The highest BCUT2D eigenvalue weighted by Crippen LogP contribution is 2.26. The minimum absolute atomic E-state index is 0.0294. The summed E-state index contributed by atoms with van der Waals surface area (Å²) in [5, 5.41) is 3.12. The summed E-state index contributed by atoms with van der Waals surface area (Å²) >= 11 is 2.13. The minimum Gasteiger partial charge on any atom is -0.352 e. The van der Waals surface area contributed by atoms with E-state index in [1.807, 2.05) is 6.92 Å². The van der Waals surface area contributed by atoms with Gasteiger partial charge in [-0.2, -0.15) is 0 Å². The molecule has 1 fully saturated rings. The molecule has 1 atom stereocenters. The van der Waals surface area contributed by atoms with Gasteiger partial charge in [0.25, 0.3) is 10.0 Å². The maximum atomic E-state index is 14.1. The molecule has 4 rings (SSSR count). The van der Waals surface area contributed by atoms with Crippen LogP contribution in [0.2, 0.25) is 0 Å². The molecule has 0 radical (unpaired) electrons. The summed E-state index contributed by atoms with van der Waals surface area (Å²) in [4.78, 5) is 29.1. The van der Waals surface area contributed by atoms with E-state index in [9.17, 15) is 22.4 Å². The van der Waals surface area contributed by atoms with Crippen LogP contribution in [0.25, 0.3) is 0 Å². The van der Waals surface area contributed by atoms with Crippen molar-refractivity contribution in [1.29, 1.82) is 0 Å². The summed E-state index contributed by atoms with van der Waals surface area (Å²) < 4.78 is 43.3. The summed E-state index contributed by atoms with van der Waals surface area (Å²) in [5.41, 5.74) is 0.972. The monoisotopic (exact) mass is 691 g/mol. The zero-order valence-electron chi connectivity index (χ0n) is 23.0. The molecular weight excluding hydrogens is 656 g/mol. The van der Waals surface area contributed by atoms with E-state index in [0.29, 0.717) is 17.7 Å². The Kier molecular flexibility index (Phi) is 10.8. The summed E-state index contributed by atoms with van der Waals surface area (Å²) in [6, 6.07) is 19.8. The molecule has 2 amide bonds. The molecule has 1 unspecified atom stereocenters. The second kappa shape index (κ2) is 14.3. The number of halogens is 2. The van der Waals surface area contributed by atoms with E-state index in [2.05, 4.69) is 27.9 Å². The van der Waals surface area contributed by atoms with Crippen molar-refractivity contribution in [3.63, 3.8) is 0 Å². The third-order valence-electron chi connectivity index (χ3n) is 7.33.